The first-order valence-electron chi connectivity index (χ1n) is 5.16. The molecule has 0 saturated carbocycles. The van der Waals surface area contributed by atoms with Crippen molar-refractivity contribution in [2.75, 3.05) is 0 Å². The minimum absolute atomic E-state index is 0.104. The molecule has 0 heterocycles. The largest absolute Gasteiger partial charge is 0.462 e. The van der Waals surface area contributed by atoms with E-state index in [9.17, 15) is 9.59 Å². The summed E-state index contributed by atoms with van der Waals surface area (Å²) in [5, 5.41) is 0. The van der Waals surface area contributed by atoms with E-state index in [0.29, 0.717) is 0 Å². The third-order valence-electron chi connectivity index (χ3n) is 2.31. The average Bonchev–Trinajstić information content (AvgIpc) is 2.02. The second-order valence-corrected chi connectivity index (χ2v) is 3.67. The molecule has 14 heavy (non-hydrogen) atoms. The summed E-state index contributed by atoms with van der Waals surface area (Å²) in [5.41, 5.74) is 0. The van der Waals surface area contributed by atoms with Gasteiger partial charge >= 0.3 is 5.97 Å². The molecule has 0 radical (unpaired) electrons. The van der Waals surface area contributed by atoms with Gasteiger partial charge in [0.1, 0.15) is 11.9 Å². The quantitative estimate of drug-likeness (QED) is 0.618. The summed E-state index contributed by atoms with van der Waals surface area (Å²) in [4.78, 5) is 22.0. The molecule has 0 amide bonds. The Morgan fingerprint density at radius 1 is 1.29 bits per heavy atom. The fraction of sp³-hybridized carbons (Fsp3) is 0.818. The minimum Gasteiger partial charge on any atom is -0.462 e. The molecule has 0 aromatic heterocycles. The Bertz CT molecular complexity index is 199. The highest BCUT2D eigenvalue weighted by atomic mass is 16.5. The van der Waals surface area contributed by atoms with Crippen LogP contribution in [0.4, 0.5) is 0 Å². The van der Waals surface area contributed by atoms with Gasteiger partial charge in [-0.3, -0.25) is 9.59 Å². The maximum absolute atomic E-state index is 11.3. The van der Waals surface area contributed by atoms with E-state index < -0.39 is 0 Å². The van der Waals surface area contributed by atoms with Crippen molar-refractivity contribution in [2.45, 2.75) is 53.1 Å². The van der Waals surface area contributed by atoms with Crippen LogP contribution in [0.2, 0.25) is 0 Å². The number of ketones is 1. The molecule has 0 aromatic carbocycles. The molecule has 0 aliphatic rings. The number of carbonyl (C=O) groups is 2. The fourth-order valence-electron chi connectivity index (χ4n) is 1.54. The monoisotopic (exact) mass is 200 g/mol. The van der Waals surface area contributed by atoms with Gasteiger partial charge in [-0.25, -0.2) is 0 Å². The standard InChI is InChI=1S/C11H20O3/c1-5-6-7-11(8(2)12)9(3)14-10(4)13/h9,11H,5-7H2,1-4H3/t9-,11?/m1/s1. The van der Waals surface area contributed by atoms with E-state index in [1.54, 1.807) is 13.8 Å². The lowest BCUT2D eigenvalue weighted by atomic mass is 9.93. The number of hydrogen-bond donors (Lipinski definition) is 0. The van der Waals surface area contributed by atoms with Crippen LogP contribution in [0.1, 0.15) is 47.0 Å². The van der Waals surface area contributed by atoms with Crippen molar-refractivity contribution in [1.29, 1.82) is 0 Å². The molecule has 0 fully saturated rings. The number of carbonyl (C=O) groups excluding carboxylic acids is 2. The van der Waals surface area contributed by atoms with Gasteiger partial charge < -0.3 is 4.74 Å². The summed E-state index contributed by atoms with van der Waals surface area (Å²) in [7, 11) is 0. The molecule has 82 valence electrons. The van der Waals surface area contributed by atoms with Crippen LogP contribution in [0, 0.1) is 5.92 Å². The smallest absolute Gasteiger partial charge is 0.302 e. The van der Waals surface area contributed by atoms with E-state index >= 15 is 0 Å². The van der Waals surface area contributed by atoms with Gasteiger partial charge in [-0.1, -0.05) is 19.8 Å². The van der Waals surface area contributed by atoms with Crippen molar-refractivity contribution in [1.82, 2.24) is 0 Å². The van der Waals surface area contributed by atoms with E-state index in [1.807, 2.05) is 0 Å². The molecule has 0 aliphatic heterocycles. The number of rotatable bonds is 6. The zero-order valence-electron chi connectivity index (χ0n) is 9.50. The number of unbranched alkanes of at least 4 members (excludes halogenated alkanes) is 1. The van der Waals surface area contributed by atoms with Gasteiger partial charge in [0.2, 0.25) is 0 Å². The van der Waals surface area contributed by atoms with Gasteiger partial charge in [-0.15, -0.1) is 0 Å². The highest BCUT2D eigenvalue weighted by Crippen LogP contribution is 2.17. The molecule has 0 N–H and O–H groups in total. The molecule has 0 bridgehead atoms. The number of esters is 1. The van der Waals surface area contributed by atoms with Crippen LogP contribution < -0.4 is 0 Å². The van der Waals surface area contributed by atoms with Gasteiger partial charge in [0.05, 0.1) is 5.92 Å². The first kappa shape index (κ1) is 13.1. The van der Waals surface area contributed by atoms with E-state index in [0.717, 1.165) is 19.3 Å². The average molecular weight is 200 g/mol. The Kier molecular flexibility index (Phi) is 6.17. The first-order valence-corrected chi connectivity index (χ1v) is 5.16. The predicted molar refractivity (Wildman–Crippen MR) is 54.9 cm³/mol. The highest BCUT2D eigenvalue weighted by Gasteiger charge is 2.23. The van der Waals surface area contributed by atoms with Gasteiger partial charge in [-0.2, -0.15) is 0 Å². The molecule has 1 unspecified atom stereocenters. The molecule has 0 spiro atoms. The summed E-state index contributed by atoms with van der Waals surface area (Å²) in [6.07, 6.45) is 2.56. The second-order valence-electron chi connectivity index (χ2n) is 3.67. The van der Waals surface area contributed by atoms with Gasteiger partial charge in [0.15, 0.2) is 0 Å². The predicted octanol–water partition coefficient (Wildman–Crippen LogP) is 2.33. The van der Waals surface area contributed by atoms with E-state index in [2.05, 4.69) is 6.92 Å². The van der Waals surface area contributed by atoms with Crippen molar-refractivity contribution in [3.05, 3.63) is 0 Å². The van der Waals surface area contributed by atoms with Crippen LogP contribution >= 0.6 is 0 Å². The Morgan fingerprint density at radius 2 is 1.86 bits per heavy atom. The van der Waals surface area contributed by atoms with Crippen molar-refractivity contribution < 1.29 is 14.3 Å². The number of ether oxygens (including phenoxy) is 1. The molecule has 0 aromatic rings. The van der Waals surface area contributed by atoms with Gasteiger partial charge in [0.25, 0.3) is 0 Å². The normalized spacial score (nSPS) is 14.6. The molecular weight excluding hydrogens is 180 g/mol. The third-order valence-corrected chi connectivity index (χ3v) is 2.31. The summed E-state index contributed by atoms with van der Waals surface area (Å²) >= 11 is 0. The Morgan fingerprint density at radius 3 is 2.21 bits per heavy atom. The van der Waals surface area contributed by atoms with Crippen molar-refractivity contribution in [2.24, 2.45) is 5.92 Å². The molecule has 3 nitrogen and oxygen atoms in total. The van der Waals surface area contributed by atoms with Gasteiger partial charge in [-0.05, 0) is 20.3 Å². The van der Waals surface area contributed by atoms with Gasteiger partial charge in [0, 0.05) is 6.92 Å². The Balaban J connectivity index is 4.18. The van der Waals surface area contributed by atoms with Crippen molar-refractivity contribution in [3.63, 3.8) is 0 Å². The van der Waals surface area contributed by atoms with Crippen molar-refractivity contribution >= 4 is 11.8 Å². The van der Waals surface area contributed by atoms with Crippen LogP contribution in [-0.2, 0) is 14.3 Å². The second kappa shape index (κ2) is 6.57. The lowest BCUT2D eigenvalue weighted by molar-refractivity contribution is -0.149. The minimum atomic E-state index is -0.319. The van der Waals surface area contributed by atoms with Crippen LogP contribution in [0.3, 0.4) is 0 Å². The number of Topliss-reactive ketones (excluding diaryl/α,β-unsaturated/α-hetero) is 1. The fourth-order valence-corrected chi connectivity index (χ4v) is 1.54. The summed E-state index contributed by atoms with van der Waals surface area (Å²) in [5.74, 6) is -0.355. The lowest BCUT2D eigenvalue weighted by Crippen LogP contribution is -2.28. The lowest BCUT2D eigenvalue weighted by Gasteiger charge is -2.20. The summed E-state index contributed by atoms with van der Waals surface area (Å²) < 4.78 is 5.01. The highest BCUT2D eigenvalue weighted by molar-refractivity contribution is 5.79. The molecular formula is C11H20O3. The van der Waals surface area contributed by atoms with Crippen LogP contribution in [0.5, 0.6) is 0 Å². The molecule has 0 rings (SSSR count). The zero-order valence-corrected chi connectivity index (χ0v) is 9.50. The Hall–Kier alpha value is -0.860. The topological polar surface area (TPSA) is 43.4 Å². The molecule has 3 heteroatoms. The van der Waals surface area contributed by atoms with Crippen LogP contribution in [0.25, 0.3) is 0 Å². The summed E-state index contributed by atoms with van der Waals surface area (Å²) in [6.45, 7) is 6.78. The molecule has 0 saturated heterocycles. The summed E-state index contributed by atoms with van der Waals surface area (Å²) in [6, 6.07) is 0. The number of hydrogen-bond acceptors (Lipinski definition) is 3. The maximum Gasteiger partial charge on any atom is 0.302 e. The first-order chi connectivity index (χ1) is 6.49. The Labute approximate surface area is 85.8 Å². The van der Waals surface area contributed by atoms with E-state index in [-0.39, 0.29) is 23.8 Å². The van der Waals surface area contributed by atoms with Crippen molar-refractivity contribution in [3.8, 4) is 0 Å². The van der Waals surface area contributed by atoms with E-state index in [4.69, 9.17) is 4.74 Å². The van der Waals surface area contributed by atoms with Crippen LogP contribution in [0.15, 0.2) is 0 Å². The van der Waals surface area contributed by atoms with Crippen LogP contribution in [-0.4, -0.2) is 17.9 Å². The SMILES string of the molecule is CCCCC(C(C)=O)[C@@H](C)OC(C)=O. The third kappa shape index (κ3) is 5.00. The van der Waals surface area contributed by atoms with E-state index in [1.165, 1.54) is 6.92 Å². The zero-order chi connectivity index (χ0) is 11.1. The molecule has 0 aliphatic carbocycles. The maximum atomic E-state index is 11.3. The molecule has 2 atom stereocenters.